The molecule has 0 spiro atoms. The molecular weight excluding hydrogens is 274 g/mol. The minimum atomic E-state index is -0.322. The molecule has 1 N–H and O–H groups in total. The van der Waals surface area contributed by atoms with Gasteiger partial charge in [0, 0.05) is 6.07 Å². The number of nitrogens with zero attached hydrogens (tertiary/aromatic N) is 4. The van der Waals surface area contributed by atoms with E-state index in [1.807, 2.05) is 6.92 Å². The normalized spacial score (nSPS) is 10.7. The Kier molecular flexibility index (Phi) is 3.50. The van der Waals surface area contributed by atoms with Crippen molar-refractivity contribution in [3.05, 3.63) is 42.1 Å². The van der Waals surface area contributed by atoms with E-state index in [-0.39, 0.29) is 18.2 Å². The lowest BCUT2D eigenvalue weighted by Gasteiger charge is -2.04. The van der Waals surface area contributed by atoms with Gasteiger partial charge in [-0.15, -0.1) is 15.3 Å². The zero-order valence-electron chi connectivity index (χ0n) is 11.3. The van der Waals surface area contributed by atoms with Crippen LogP contribution in [0.5, 0.6) is 5.88 Å². The van der Waals surface area contributed by atoms with Crippen molar-refractivity contribution in [2.45, 2.75) is 13.5 Å². The second-order valence-electron chi connectivity index (χ2n) is 4.15. The average molecular weight is 287 g/mol. The third-order valence-electron chi connectivity index (χ3n) is 2.75. The Bertz CT molecular complexity index is 750. The molecule has 8 nitrogen and oxygen atoms in total. The third kappa shape index (κ3) is 2.69. The summed E-state index contributed by atoms with van der Waals surface area (Å²) in [6.07, 6.45) is 1.44. The number of furan rings is 1. The highest BCUT2D eigenvalue weighted by Crippen LogP contribution is 2.09. The molecular formula is C13H13N5O3. The molecule has 3 heterocycles. The Labute approximate surface area is 119 Å². The number of amides is 1. The Balaban J connectivity index is 1.77. The average Bonchev–Trinajstić information content (AvgIpc) is 3.15. The summed E-state index contributed by atoms with van der Waals surface area (Å²) in [6.45, 7) is 2.58. The lowest BCUT2D eigenvalue weighted by Crippen LogP contribution is -2.23. The maximum absolute atomic E-state index is 11.8. The van der Waals surface area contributed by atoms with Crippen LogP contribution in [0.3, 0.4) is 0 Å². The maximum atomic E-state index is 11.8. The van der Waals surface area contributed by atoms with E-state index in [4.69, 9.17) is 9.15 Å². The first kappa shape index (κ1) is 13.1. The molecule has 1 amide bonds. The molecule has 0 bridgehead atoms. The van der Waals surface area contributed by atoms with Gasteiger partial charge in [0.2, 0.25) is 5.88 Å². The second-order valence-corrected chi connectivity index (χ2v) is 4.15. The van der Waals surface area contributed by atoms with E-state index >= 15 is 0 Å². The third-order valence-corrected chi connectivity index (χ3v) is 2.75. The predicted octanol–water partition coefficient (Wildman–Crippen LogP) is 1.05. The lowest BCUT2D eigenvalue weighted by atomic mass is 10.4. The van der Waals surface area contributed by atoms with Crippen LogP contribution in [0, 0.1) is 0 Å². The van der Waals surface area contributed by atoms with Crippen LogP contribution in [0.15, 0.2) is 34.9 Å². The first-order valence-electron chi connectivity index (χ1n) is 6.44. The molecule has 0 saturated carbocycles. The molecule has 108 valence electrons. The van der Waals surface area contributed by atoms with Gasteiger partial charge in [-0.05, 0) is 25.1 Å². The quantitative estimate of drug-likeness (QED) is 0.753. The Morgan fingerprint density at radius 2 is 2.29 bits per heavy atom. The highest BCUT2D eigenvalue weighted by atomic mass is 16.5. The van der Waals surface area contributed by atoms with Gasteiger partial charge < -0.3 is 14.5 Å². The van der Waals surface area contributed by atoms with Crippen molar-refractivity contribution >= 4 is 11.6 Å². The summed E-state index contributed by atoms with van der Waals surface area (Å²) in [5.41, 5.74) is 0.584. The van der Waals surface area contributed by atoms with Crippen LogP contribution in [0.1, 0.15) is 23.3 Å². The molecule has 0 fully saturated rings. The van der Waals surface area contributed by atoms with Crippen molar-refractivity contribution in [2.24, 2.45) is 0 Å². The van der Waals surface area contributed by atoms with E-state index in [9.17, 15) is 4.79 Å². The number of carbonyl (C=O) groups is 1. The first-order chi connectivity index (χ1) is 10.3. The van der Waals surface area contributed by atoms with Crippen LogP contribution in [0.25, 0.3) is 5.65 Å². The SMILES string of the molecule is CCOc1ccc2nnc(CNC(=O)c3ccco3)n2n1. The lowest BCUT2D eigenvalue weighted by molar-refractivity contribution is 0.0922. The monoisotopic (exact) mass is 287 g/mol. The standard InChI is InChI=1S/C13H13N5O3/c1-2-20-12-6-5-10-15-16-11(18(10)17-12)8-14-13(19)9-4-3-7-21-9/h3-7H,2,8H2,1H3,(H,14,19). The van der Waals surface area contributed by atoms with Crippen LogP contribution in [0.4, 0.5) is 0 Å². The highest BCUT2D eigenvalue weighted by molar-refractivity contribution is 5.91. The largest absolute Gasteiger partial charge is 0.477 e. The molecule has 0 unspecified atom stereocenters. The molecule has 0 aliphatic carbocycles. The fraction of sp³-hybridized carbons (Fsp3) is 0.231. The first-order valence-corrected chi connectivity index (χ1v) is 6.44. The molecule has 3 aromatic heterocycles. The number of rotatable bonds is 5. The molecule has 3 rings (SSSR count). The van der Waals surface area contributed by atoms with E-state index in [0.29, 0.717) is 24.0 Å². The minimum Gasteiger partial charge on any atom is -0.477 e. The van der Waals surface area contributed by atoms with Crippen molar-refractivity contribution in [3.8, 4) is 5.88 Å². The van der Waals surface area contributed by atoms with Crippen molar-refractivity contribution in [1.82, 2.24) is 25.1 Å². The van der Waals surface area contributed by atoms with E-state index in [1.165, 1.54) is 10.8 Å². The zero-order valence-corrected chi connectivity index (χ0v) is 11.3. The number of ether oxygens (including phenoxy) is 1. The molecule has 0 saturated heterocycles. The van der Waals surface area contributed by atoms with E-state index in [1.54, 1.807) is 24.3 Å². The summed E-state index contributed by atoms with van der Waals surface area (Å²) in [5, 5.41) is 14.9. The van der Waals surface area contributed by atoms with Gasteiger partial charge >= 0.3 is 0 Å². The molecule has 0 aliphatic heterocycles. The number of hydrogen-bond acceptors (Lipinski definition) is 6. The van der Waals surface area contributed by atoms with Gasteiger partial charge in [0.1, 0.15) is 0 Å². The number of aromatic nitrogens is 4. The number of carbonyl (C=O) groups excluding carboxylic acids is 1. The molecule has 0 atom stereocenters. The van der Waals surface area contributed by atoms with Crippen molar-refractivity contribution in [2.75, 3.05) is 6.61 Å². The van der Waals surface area contributed by atoms with Gasteiger partial charge in [-0.25, -0.2) is 0 Å². The molecule has 0 aliphatic rings. The van der Waals surface area contributed by atoms with Crippen LogP contribution >= 0.6 is 0 Å². The fourth-order valence-electron chi connectivity index (χ4n) is 1.81. The summed E-state index contributed by atoms with van der Waals surface area (Å²) in [7, 11) is 0. The van der Waals surface area contributed by atoms with Crippen LogP contribution in [-0.2, 0) is 6.54 Å². The summed E-state index contributed by atoms with van der Waals surface area (Å²) < 4.78 is 11.9. The van der Waals surface area contributed by atoms with Gasteiger partial charge in [0.15, 0.2) is 17.2 Å². The minimum absolute atomic E-state index is 0.184. The van der Waals surface area contributed by atoms with Crippen molar-refractivity contribution in [1.29, 1.82) is 0 Å². The number of fused-ring (bicyclic) bond motifs is 1. The number of nitrogens with one attached hydrogen (secondary N) is 1. The van der Waals surface area contributed by atoms with E-state index in [2.05, 4.69) is 20.6 Å². The zero-order chi connectivity index (χ0) is 14.7. The molecule has 0 radical (unpaired) electrons. The van der Waals surface area contributed by atoms with E-state index < -0.39 is 0 Å². The van der Waals surface area contributed by atoms with Crippen LogP contribution in [0.2, 0.25) is 0 Å². The molecule has 0 aromatic carbocycles. The smallest absolute Gasteiger partial charge is 0.287 e. The maximum Gasteiger partial charge on any atom is 0.287 e. The summed E-state index contributed by atoms with van der Waals surface area (Å²) in [4.78, 5) is 11.8. The summed E-state index contributed by atoms with van der Waals surface area (Å²) >= 11 is 0. The highest BCUT2D eigenvalue weighted by Gasteiger charge is 2.12. The summed E-state index contributed by atoms with van der Waals surface area (Å²) in [6, 6.07) is 6.71. The molecule has 3 aromatic rings. The van der Waals surface area contributed by atoms with Crippen molar-refractivity contribution in [3.63, 3.8) is 0 Å². The Morgan fingerprint density at radius 3 is 3.05 bits per heavy atom. The van der Waals surface area contributed by atoms with Crippen molar-refractivity contribution < 1.29 is 13.9 Å². The predicted molar refractivity (Wildman–Crippen MR) is 71.8 cm³/mol. The second kappa shape index (κ2) is 5.61. The molecule has 21 heavy (non-hydrogen) atoms. The molecule has 8 heteroatoms. The van der Waals surface area contributed by atoms with Gasteiger partial charge in [-0.2, -0.15) is 4.52 Å². The fourth-order valence-corrected chi connectivity index (χ4v) is 1.81. The Hall–Kier alpha value is -2.90. The van der Waals surface area contributed by atoms with Crippen LogP contribution < -0.4 is 10.1 Å². The van der Waals surface area contributed by atoms with Gasteiger partial charge in [-0.3, -0.25) is 4.79 Å². The summed E-state index contributed by atoms with van der Waals surface area (Å²) in [5.74, 6) is 0.902. The number of hydrogen-bond donors (Lipinski definition) is 1. The van der Waals surface area contributed by atoms with Gasteiger partial charge in [0.25, 0.3) is 5.91 Å². The topological polar surface area (TPSA) is 94.6 Å². The van der Waals surface area contributed by atoms with Gasteiger partial charge in [-0.1, -0.05) is 0 Å². The van der Waals surface area contributed by atoms with E-state index in [0.717, 1.165) is 0 Å². The van der Waals surface area contributed by atoms with Gasteiger partial charge in [0.05, 0.1) is 19.4 Å². The Morgan fingerprint density at radius 1 is 1.38 bits per heavy atom. The van der Waals surface area contributed by atoms with Crippen LogP contribution in [-0.4, -0.2) is 32.3 Å².